The van der Waals surface area contributed by atoms with Gasteiger partial charge in [0.15, 0.2) is 0 Å². The maximum absolute atomic E-state index is 11.7. The Morgan fingerprint density at radius 1 is 0.360 bits per heavy atom. The van der Waals surface area contributed by atoms with Crippen LogP contribution in [-0.4, -0.2) is 11.1 Å². The SMILES string of the molecule is CCCCCCCCCCCCCCCC=CC=C(CCCCCCCCCCCCCCCCCCCCCCCCCCCC)C(=O)O. The van der Waals surface area contributed by atoms with Gasteiger partial charge in [-0.1, -0.05) is 270 Å². The lowest BCUT2D eigenvalue weighted by Gasteiger charge is -2.05. The van der Waals surface area contributed by atoms with E-state index in [9.17, 15) is 9.90 Å². The third-order valence-corrected chi connectivity index (χ3v) is 11.0. The summed E-state index contributed by atoms with van der Waals surface area (Å²) in [6, 6.07) is 0. The van der Waals surface area contributed by atoms with E-state index in [2.05, 4.69) is 19.9 Å². The monoisotopic (exact) mass is 701 g/mol. The van der Waals surface area contributed by atoms with Gasteiger partial charge in [-0.25, -0.2) is 4.79 Å². The Morgan fingerprint density at radius 3 is 0.860 bits per heavy atom. The van der Waals surface area contributed by atoms with Crippen molar-refractivity contribution in [2.24, 2.45) is 0 Å². The highest BCUT2D eigenvalue weighted by atomic mass is 16.4. The molecule has 0 aromatic rings. The van der Waals surface area contributed by atoms with Crippen LogP contribution in [0.1, 0.15) is 277 Å². The van der Waals surface area contributed by atoms with E-state index in [4.69, 9.17) is 0 Å². The Morgan fingerprint density at radius 2 is 0.600 bits per heavy atom. The fourth-order valence-electron chi connectivity index (χ4n) is 7.45. The summed E-state index contributed by atoms with van der Waals surface area (Å²) in [6.45, 7) is 4.59. The molecule has 0 amide bonds. The summed E-state index contributed by atoms with van der Waals surface area (Å²) in [7, 11) is 0. The van der Waals surface area contributed by atoms with Crippen molar-refractivity contribution in [2.75, 3.05) is 0 Å². The van der Waals surface area contributed by atoms with Gasteiger partial charge in [0.05, 0.1) is 0 Å². The minimum absolute atomic E-state index is 0.580. The predicted octanol–water partition coefficient (Wildman–Crippen LogP) is 17.6. The first-order valence-electron chi connectivity index (χ1n) is 23.3. The molecule has 0 bridgehead atoms. The fourth-order valence-corrected chi connectivity index (χ4v) is 7.45. The Balaban J connectivity index is 3.42. The average molecular weight is 701 g/mol. The third-order valence-electron chi connectivity index (χ3n) is 11.0. The summed E-state index contributed by atoms with van der Waals surface area (Å²) in [5, 5.41) is 9.59. The number of aliphatic carboxylic acids is 1. The highest BCUT2D eigenvalue weighted by Gasteiger charge is 2.05. The average Bonchev–Trinajstić information content (AvgIpc) is 3.11. The van der Waals surface area contributed by atoms with Gasteiger partial charge in [-0.15, -0.1) is 0 Å². The molecule has 0 spiro atoms. The summed E-state index contributed by atoms with van der Waals surface area (Å²) >= 11 is 0. The standard InChI is InChI=1S/C48H92O2/c1-3-5-7-9-11-13-15-17-19-21-22-23-24-25-26-27-28-29-30-32-34-36-38-40-42-44-46-47(48(49)50)45-43-41-39-37-35-33-31-20-18-16-14-12-10-8-6-4-2/h41,43,45H,3-40,42,44,46H2,1-2H3,(H,49,50). The van der Waals surface area contributed by atoms with Gasteiger partial charge in [0.1, 0.15) is 0 Å². The van der Waals surface area contributed by atoms with Crippen LogP contribution >= 0.6 is 0 Å². The zero-order valence-electron chi connectivity index (χ0n) is 34.6. The van der Waals surface area contributed by atoms with Crippen molar-refractivity contribution in [3.8, 4) is 0 Å². The van der Waals surface area contributed by atoms with Crippen LogP contribution in [0.25, 0.3) is 0 Å². The first-order valence-corrected chi connectivity index (χ1v) is 23.3. The first-order chi connectivity index (χ1) is 24.7. The largest absolute Gasteiger partial charge is 0.478 e. The summed E-state index contributed by atoms with van der Waals surface area (Å²) in [5.41, 5.74) is 0.580. The number of allylic oxidation sites excluding steroid dienone is 3. The quantitative estimate of drug-likeness (QED) is 0.0390. The molecule has 0 atom stereocenters. The van der Waals surface area contributed by atoms with E-state index in [1.165, 1.54) is 238 Å². The molecule has 0 aromatic heterocycles. The predicted molar refractivity (Wildman–Crippen MR) is 226 cm³/mol. The minimum atomic E-state index is -0.741. The molecule has 0 unspecified atom stereocenters. The molecule has 2 nitrogen and oxygen atoms in total. The molecule has 0 aliphatic heterocycles. The first kappa shape index (κ1) is 49.0. The van der Waals surface area contributed by atoms with Crippen LogP contribution < -0.4 is 0 Å². The summed E-state index contributed by atoms with van der Waals surface area (Å²) in [6.07, 6.45) is 62.2. The van der Waals surface area contributed by atoms with Crippen LogP contribution in [0.4, 0.5) is 0 Å². The van der Waals surface area contributed by atoms with Crippen molar-refractivity contribution in [1.29, 1.82) is 0 Å². The van der Waals surface area contributed by atoms with E-state index in [-0.39, 0.29) is 0 Å². The summed E-state index contributed by atoms with van der Waals surface area (Å²) in [5.74, 6) is -0.741. The van der Waals surface area contributed by atoms with E-state index in [1.54, 1.807) is 0 Å². The highest BCUT2D eigenvalue weighted by molar-refractivity contribution is 5.86. The number of carbonyl (C=O) groups is 1. The summed E-state index contributed by atoms with van der Waals surface area (Å²) < 4.78 is 0. The summed E-state index contributed by atoms with van der Waals surface area (Å²) in [4.78, 5) is 11.7. The van der Waals surface area contributed by atoms with Crippen LogP contribution in [0.15, 0.2) is 23.8 Å². The van der Waals surface area contributed by atoms with Gasteiger partial charge in [-0.05, 0) is 25.7 Å². The lowest BCUT2D eigenvalue weighted by atomic mass is 10.0. The van der Waals surface area contributed by atoms with E-state index in [0.29, 0.717) is 12.0 Å². The minimum Gasteiger partial charge on any atom is -0.478 e. The van der Waals surface area contributed by atoms with Gasteiger partial charge in [-0.3, -0.25) is 0 Å². The molecule has 0 saturated carbocycles. The number of carboxylic acids is 1. The van der Waals surface area contributed by atoms with E-state index < -0.39 is 5.97 Å². The van der Waals surface area contributed by atoms with Crippen molar-refractivity contribution < 1.29 is 9.90 Å². The normalized spacial score (nSPS) is 12.1. The van der Waals surface area contributed by atoms with E-state index in [1.807, 2.05) is 12.2 Å². The molecule has 1 N–H and O–H groups in total. The molecule has 0 rings (SSSR count). The van der Waals surface area contributed by atoms with Crippen LogP contribution in [0.3, 0.4) is 0 Å². The van der Waals surface area contributed by atoms with Crippen LogP contribution in [0.5, 0.6) is 0 Å². The van der Waals surface area contributed by atoms with Crippen molar-refractivity contribution in [3.63, 3.8) is 0 Å². The smallest absolute Gasteiger partial charge is 0.331 e. The van der Waals surface area contributed by atoms with Gasteiger partial charge in [-0.2, -0.15) is 0 Å². The van der Waals surface area contributed by atoms with Gasteiger partial charge in [0.25, 0.3) is 0 Å². The van der Waals surface area contributed by atoms with E-state index in [0.717, 1.165) is 19.3 Å². The Hall–Kier alpha value is -1.05. The molecule has 0 aliphatic carbocycles. The molecule has 0 aliphatic rings. The second-order valence-electron chi connectivity index (χ2n) is 16.0. The molecule has 0 saturated heterocycles. The lowest BCUT2D eigenvalue weighted by Crippen LogP contribution is -2.00. The van der Waals surface area contributed by atoms with Gasteiger partial charge >= 0.3 is 5.97 Å². The molecule has 0 heterocycles. The second kappa shape index (κ2) is 44.1. The number of hydrogen-bond acceptors (Lipinski definition) is 1. The molecule has 296 valence electrons. The zero-order chi connectivity index (χ0) is 36.3. The highest BCUT2D eigenvalue weighted by Crippen LogP contribution is 2.18. The maximum atomic E-state index is 11.7. The molecule has 2 heteroatoms. The maximum Gasteiger partial charge on any atom is 0.331 e. The van der Waals surface area contributed by atoms with Gasteiger partial charge in [0, 0.05) is 5.57 Å². The van der Waals surface area contributed by atoms with Crippen LogP contribution in [-0.2, 0) is 4.79 Å². The Labute approximate surface area is 315 Å². The van der Waals surface area contributed by atoms with Crippen molar-refractivity contribution in [1.82, 2.24) is 0 Å². The number of unbranched alkanes of at least 4 members (excludes halogenated alkanes) is 38. The number of hydrogen-bond donors (Lipinski definition) is 1. The van der Waals surface area contributed by atoms with Crippen LogP contribution in [0.2, 0.25) is 0 Å². The van der Waals surface area contributed by atoms with Crippen LogP contribution in [0, 0.1) is 0 Å². The zero-order valence-corrected chi connectivity index (χ0v) is 34.6. The molecular formula is C48H92O2. The van der Waals surface area contributed by atoms with Gasteiger partial charge in [0.2, 0.25) is 0 Å². The lowest BCUT2D eigenvalue weighted by molar-refractivity contribution is -0.132. The molecule has 0 aromatic carbocycles. The van der Waals surface area contributed by atoms with Crippen molar-refractivity contribution >= 4 is 5.97 Å². The fraction of sp³-hybridized carbons (Fsp3) is 0.896. The van der Waals surface area contributed by atoms with Crippen molar-refractivity contribution in [2.45, 2.75) is 277 Å². The van der Waals surface area contributed by atoms with Crippen molar-refractivity contribution in [3.05, 3.63) is 23.8 Å². The number of carboxylic acid groups (broad SMARTS) is 1. The Kier molecular flexibility index (Phi) is 43.2. The third kappa shape index (κ3) is 41.4. The second-order valence-corrected chi connectivity index (χ2v) is 16.0. The topological polar surface area (TPSA) is 37.3 Å². The molecule has 0 radical (unpaired) electrons. The van der Waals surface area contributed by atoms with Gasteiger partial charge < -0.3 is 5.11 Å². The number of rotatable bonds is 43. The molecule has 0 fully saturated rings. The van der Waals surface area contributed by atoms with E-state index >= 15 is 0 Å². The molecule has 50 heavy (non-hydrogen) atoms. The molecular weight excluding hydrogens is 609 g/mol. The Bertz CT molecular complexity index is 707.